The highest BCUT2D eigenvalue weighted by Gasteiger charge is 2.22. The number of nitrogens with two attached hydrogens (primary N) is 1. The fourth-order valence-electron chi connectivity index (χ4n) is 2.52. The molecule has 0 aliphatic rings. The van der Waals surface area contributed by atoms with Crippen LogP contribution in [-0.4, -0.2) is 35.9 Å². The minimum Gasteiger partial charge on any atom is -0.484 e. The average molecular weight is 401 g/mol. The van der Waals surface area contributed by atoms with E-state index in [9.17, 15) is 13.2 Å². The standard InChI is InChI=1S/C18H19N5O4S/c19-18(24)13-27-15-6-8-16(9-7-15)28(25,26)22-17(12-23-20-10-11-21-23)14-4-2-1-3-5-14/h1-11,17,22H,12-13H2,(H2,19,24)/t17-/m0/s1. The van der Waals surface area contributed by atoms with Crippen LogP contribution < -0.4 is 15.2 Å². The number of nitrogens with zero attached hydrogens (tertiary/aromatic N) is 3. The van der Waals surface area contributed by atoms with Gasteiger partial charge in [-0.2, -0.15) is 15.0 Å². The zero-order valence-electron chi connectivity index (χ0n) is 14.8. The molecule has 0 saturated carbocycles. The Kier molecular flexibility index (Phi) is 6.02. The van der Waals surface area contributed by atoms with E-state index in [-0.39, 0.29) is 18.0 Å². The lowest BCUT2D eigenvalue weighted by molar-refractivity contribution is -0.119. The molecule has 10 heteroatoms. The van der Waals surface area contributed by atoms with Crippen molar-refractivity contribution in [2.75, 3.05) is 6.61 Å². The normalized spacial score (nSPS) is 12.4. The summed E-state index contributed by atoms with van der Waals surface area (Å²) in [4.78, 5) is 12.2. The van der Waals surface area contributed by atoms with Gasteiger partial charge in [0.1, 0.15) is 5.75 Å². The minimum absolute atomic E-state index is 0.0632. The summed E-state index contributed by atoms with van der Waals surface area (Å²) < 4.78 is 33.5. The smallest absolute Gasteiger partial charge is 0.255 e. The van der Waals surface area contributed by atoms with Gasteiger partial charge in [-0.05, 0) is 29.8 Å². The van der Waals surface area contributed by atoms with Gasteiger partial charge in [-0.15, -0.1) is 0 Å². The fraction of sp³-hybridized carbons (Fsp3) is 0.167. The monoisotopic (exact) mass is 401 g/mol. The van der Waals surface area contributed by atoms with Crippen LogP contribution in [0.4, 0.5) is 0 Å². The Bertz CT molecular complexity index is 1010. The first kappa shape index (κ1) is 19.5. The number of primary amides is 1. The summed E-state index contributed by atoms with van der Waals surface area (Å²) in [5.41, 5.74) is 5.81. The number of sulfonamides is 1. The van der Waals surface area contributed by atoms with Crippen LogP contribution in [0.15, 0.2) is 71.9 Å². The van der Waals surface area contributed by atoms with Gasteiger partial charge < -0.3 is 10.5 Å². The predicted octanol–water partition coefficient (Wildman–Crippen LogP) is 0.862. The van der Waals surface area contributed by atoms with Crippen LogP contribution in [-0.2, 0) is 21.4 Å². The molecule has 3 rings (SSSR count). The molecular formula is C18H19N5O4S. The van der Waals surface area contributed by atoms with Gasteiger partial charge in [-0.3, -0.25) is 4.79 Å². The number of carbonyl (C=O) groups is 1. The Labute approximate surface area is 162 Å². The van der Waals surface area contributed by atoms with Gasteiger partial charge in [-0.1, -0.05) is 30.3 Å². The maximum atomic E-state index is 12.8. The second-order valence-corrected chi connectivity index (χ2v) is 7.61. The molecular weight excluding hydrogens is 382 g/mol. The summed E-state index contributed by atoms with van der Waals surface area (Å²) in [6.45, 7) is -0.0483. The summed E-state index contributed by atoms with van der Waals surface area (Å²) >= 11 is 0. The van der Waals surface area contributed by atoms with E-state index >= 15 is 0 Å². The molecule has 0 radical (unpaired) electrons. The van der Waals surface area contributed by atoms with E-state index in [4.69, 9.17) is 10.5 Å². The first-order chi connectivity index (χ1) is 13.4. The highest BCUT2D eigenvalue weighted by atomic mass is 32.2. The van der Waals surface area contributed by atoms with Crippen LogP contribution in [0.5, 0.6) is 5.75 Å². The van der Waals surface area contributed by atoms with Crippen molar-refractivity contribution in [2.45, 2.75) is 17.5 Å². The molecule has 0 fully saturated rings. The van der Waals surface area contributed by atoms with E-state index in [1.54, 1.807) is 0 Å². The zero-order chi connectivity index (χ0) is 20.0. The molecule has 0 bridgehead atoms. The summed E-state index contributed by atoms with van der Waals surface area (Å²) in [7, 11) is -3.82. The van der Waals surface area contributed by atoms with Gasteiger partial charge in [0.05, 0.1) is 29.9 Å². The van der Waals surface area contributed by atoms with Crippen molar-refractivity contribution in [3.8, 4) is 5.75 Å². The molecule has 0 saturated heterocycles. The molecule has 3 aromatic rings. The van der Waals surface area contributed by atoms with Gasteiger partial charge in [0.25, 0.3) is 5.91 Å². The third kappa shape index (κ3) is 5.15. The Hall–Kier alpha value is -3.24. The van der Waals surface area contributed by atoms with E-state index in [0.29, 0.717) is 5.75 Å². The highest BCUT2D eigenvalue weighted by molar-refractivity contribution is 7.89. The Morgan fingerprint density at radius 3 is 2.32 bits per heavy atom. The molecule has 2 aromatic carbocycles. The molecule has 3 N–H and O–H groups in total. The van der Waals surface area contributed by atoms with Gasteiger partial charge in [0.15, 0.2) is 6.61 Å². The molecule has 1 atom stereocenters. The summed E-state index contributed by atoms with van der Waals surface area (Å²) in [5.74, 6) is -0.269. The van der Waals surface area contributed by atoms with E-state index in [2.05, 4.69) is 14.9 Å². The molecule has 1 aromatic heterocycles. The van der Waals surface area contributed by atoms with Crippen LogP contribution in [0.1, 0.15) is 11.6 Å². The number of carbonyl (C=O) groups excluding carboxylic acids is 1. The van der Waals surface area contributed by atoms with Crippen molar-refractivity contribution in [1.82, 2.24) is 19.7 Å². The SMILES string of the molecule is NC(=O)COc1ccc(S(=O)(=O)N[C@@H](Cn2nccn2)c2ccccc2)cc1. The molecule has 1 amide bonds. The number of ether oxygens (including phenoxy) is 1. The molecule has 28 heavy (non-hydrogen) atoms. The Morgan fingerprint density at radius 2 is 1.71 bits per heavy atom. The highest BCUT2D eigenvalue weighted by Crippen LogP contribution is 2.20. The van der Waals surface area contributed by atoms with Gasteiger partial charge in [0, 0.05) is 0 Å². The van der Waals surface area contributed by atoms with Crippen molar-refractivity contribution < 1.29 is 17.9 Å². The number of hydrogen-bond donors (Lipinski definition) is 2. The molecule has 146 valence electrons. The van der Waals surface area contributed by atoms with Gasteiger partial charge in [-0.25, -0.2) is 13.1 Å². The van der Waals surface area contributed by atoms with Crippen molar-refractivity contribution in [3.05, 3.63) is 72.6 Å². The maximum absolute atomic E-state index is 12.8. The van der Waals surface area contributed by atoms with Crippen molar-refractivity contribution in [2.24, 2.45) is 5.73 Å². The number of hydrogen-bond acceptors (Lipinski definition) is 6. The zero-order valence-corrected chi connectivity index (χ0v) is 15.6. The quantitative estimate of drug-likeness (QED) is 0.547. The first-order valence-electron chi connectivity index (χ1n) is 8.36. The first-order valence-corrected chi connectivity index (χ1v) is 9.85. The molecule has 0 spiro atoms. The van der Waals surface area contributed by atoms with Crippen LogP contribution in [0, 0.1) is 0 Å². The lowest BCUT2D eigenvalue weighted by Crippen LogP contribution is -2.32. The third-order valence-electron chi connectivity index (χ3n) is 3.83. The average Bonchev–Trinajstić information content (AvgIpc) is 3.20. The summed E-state index contributed by atoms with van der Waals surface area (Å²) in [6, 6.07) is 14.3. The molecule has 9 nitrogen and oxygen atoms in total. The van der Waals surface area contributed by atoms with Crippen LogP contribution in [0.25, 0.3) is 0 Å². The topological polar surface area (TPSA) is 129 Å². The van der Waals surface area contributed by atoms with Crippen LogP contribution >= 0.6 is 0 Å². The second kappa shape index (κ2) is 8.63. The fourth-order valence-corrected chi connectivity index (χ4v) is 3.74. The molecule has 1 heterocycles. The predicted molar refractivity (Wildman–Crippen MR) is 101 cm³/mol. The maximum Gasteiger partial charge on any atom is 0.255 e. The number of rotatable bonds is 9. The van der Waals surface area contributed by atoms with Gasteiger partial charge >= 0.3 is 0 Å². The van der Waals surface area contributed by atoms with Gasteiger partial charge in [0.2, 0.25) is 10.0 Å². The van der Waals surface area contributed by atoms with Crippen molar-refractivity contribution in [1.29, 1.82) is 0 Å². The van der Waals surface area contributed by atoms with Crippen LogP contribution in [0.2, 0.25) is 0 Å². The summed E-state index contributed by atoms with van der Waals surface area (Å²) in [5, 5.41) is 8.09. The molecule has 0 aliphatic heterocycles. The molecule has 0 aliphatic carbocycles. The number of amides is 1. The second-order valence-electron chi connectivity index (χ2n) is 5.89. The minimum atomic E-state index is -3.82. The van der Waals surface area contributed by atoms with Crippen LogP contribution in [0.3, 0.4) is 0 Å². The Balaban J connectivity index is 1.79. The van der Waals surface area contributed by atoms with E-state index in [1.807, 2.05) is 30.3 Å². The van der Waals surface area contributed by atoms with Crippen molar-refractivity contribution in [3.63, 3.8) is 0 Å². The number of aromatic nitrogens is 3. The molecule has 0 unspecified atom stereocenters. The lowest BCUT2D eigenvalue weighted by Gasteiger charge is -2.19. The van der Waals surface area contributed by atoms with Crippen molar-refractivity contribution >= 4 is 15.9 Å². The Morgan fingerprint density at radius 1 is 1.07 bits per heavy atom. The van der Waals surface area contributed by atoms with E-state index in [1.165, 1.54) is 41.5 Å². The third-order valence-corrected chi connectivity index (χ3v) is 5.31. The largest absolute Gasteiger partial charge is 0.484 e. The number of nitrogens with one attached hydrogen (secondary N) is 1. The number of benzene rings is 2. The van der Waals surface area contributed by atoms with E-state index in [0.717, 1.165) is 5.56 Å². The van der Waals surface area contributed by atoms with E-state index < -0.39 is 22.0 Å². The lowest BCUT2D eigenvalue weighted by atomic mass is 10.1. The summed E-state index contributed by atoms with van der Waals surface area (Å²) in [6.07, 6.45) is 3.06.